The van der Waals surface area contributed by atoms with E-state index in [0.29, 0.717) is 11.8 Å². The lowest BCUT2D eigenvalue weighted by Crippen LogP contribution is -2.14. The molecular weight excluding hydrogens is 259 g/mol. The van der Waals surface area contributed by atoms with Gasteiger partial charge < -0.3 is 5.11 Å². The maximum Gasteiger partial charge on any atom is 0.418 e. The van der Waals surface area contributed by atoms with Crippen LogP contribution >= 0.6 is 0 Å². The molecule has 1 heterocycles. The van der Waals surface area contributed by atoms with E-state index in [-0.39, 0.29) is 5.56 Å². The minimum atomic E-state index is -4.76. The zero-order chi connectivity index (χ0) is 14.0. The molecule has 0 atom stereocenters. The van der Waals surface area contributed by atoms with E-state index in [2.05, 4.69) is 4.98 Å². The van der Waals surface area contributed by atoms with Crippen molar-refractivity contribution in [2.45, 2.75) is 6.18 Å². The highest BCUT2D eigenvalue weighted by molar-refractivity contribution is 5.97. The Labute approximate surface area is 106 Å². The van der Waals surface area contributed by atoms with Gasteiger partial charge in [0.25, 0.3) is 0 Å². The van der Waals surface area contributed by atoms with Crippen molar-refractivity contribution < 1.29 is 23.1 Å². The highest BCUT2D eigenvalue weighted by Crippen LogP contribution is 2.35. The largest absolute Gasteiger partial charge is 0.478 e. The highest BCUT2D eigenvalue weighted by atomic mass is 19.4. The van der Waals surface area contributed by atoms with Gasteiger partial charge in [0.15, 0.2) is 0 Å². The normalized spacial score (nSPS) is 11.3. The zero-order valence-corrected chi connectivity index (χ0v) is 9.48. The van der Waals surface area contributed by atoms with Crippen LogP contribution in [-0.4, -0.2) is 16.1 Å². The number of pyridine rings is 1. The third kappa shape index (κ3) is 2.57. The van der Waals surface area contributed by atoms with Crippen LogP contribution in [0.4, 0.5) is 13.2 Å². The summed E-state index contributed by atoms with van der Waals surface area (Å²) in [7, 11) is 0. The summed E-state index contributed by atoms with van der Waals surface area (Å²) in [6.07, 6.45) is -3.12. The number of alkyl halides is 3. The van der Waals surface area contributed by atoms with Crippen molar-refractivity contribution in [1.29, 1.82) is 0 Å². The SMILES string of the molecule is O=C(O)c1c(-c2ccccc2)cncc1C(F)(F)F. The summed E-state index contributed by atoms with van der Waals surface area (Å²) in [5.41, 5.74) is -1.71. The van der Waals surface area contributed by atoms with Crippen LogP contribution in [0.5, 0.6) is 0 Å². The van der Waals surface area contributed by atoms with Gasteiger partial charge in [-0.15, -0.1) is 0 Å². The third-order valence-corrected chi connectivity index (χ3v) is 2.55. The Morgan fingerprint density at radius 3 is 2.26 bits per heavy atom. The van der Waals surface area contributed by atoms with Crippen LogP contribution in [0.15, 0.2) is 42.7 Å². The highest BCUT2D eigenvalue weighted by Gasteiger charge is 2.37. The van der Waals surface area contributed by atoms with E-state index in [1.807, 2.05) is 0 Å². The lowest BCUT2D eigenvalue weighted by atomic mass is 9.98. The second-order valence-electron chi connectivity index (χ2n) is 3.78. The van der Waals surface area contributed by atoms with E-state index in [1.54, 1.807) is 18.2 Å². The summed E-state index contributed by atoms with van der Waals surface area (Å²) in [6.45, 7) is 0. The molecule has 0 saturated heterocycles. The number of hydrogen-bond acceptors (Lipinski definition) is 2. The Bertz CT molecular complexity index is 609. The van der Waals surface area contributed by atoms with Crippen molar-refractivity contribution in [2.75, 3.05) is 0 Å². The Kier molecular flexibility index (Phi) is 3.25. The molecule has 1 aromatic carbocycles. The van der Waals surface area contributed by atoms with Crippen molar-refractivity contribution in [1.82, 2.24) is 4.98 Å². The number of nitrogens with zero attached hydrogens (tertiary/aromatic N) is 1. The van der Waals surface area contributed by atoms with Gasteiger partial charge in [-0.05, 0) is 5.56 Å². The maximum atomic E-state index is 12.8. The molecule has 0 radical (unpaired) electrons. The Hall–Kier alpha value is -2.37. The smallest absolute Gasteiger partial charge is 0.418 e. The van der Waals surface area contributed by atoms with Gasteiger partial charge in [-0.1, -0.05) is 30.3 Å². The molecule has 0 aliphatic heterocycles. The lowest BCUT2D eigenvalue weighted by Gasteiger charge is -2.13. The van der Waals surface area contributed by atoms with Crippen molar-refractivity contribution in [3.8, 4) is 11.1 Å². The number of carboxylic acid groups (broad SMARTS) is 1. The molecule has 19 heavy (non-hydrogen) atoms. The molecule has 2 aromatic rings. The van der Waals surface area contributed by atoms with Crippen molar-refractivity contribution >= 4 is 5.97 Å². The minimum Gasteiger partial charge on any atom is -0.478 e. The summed E-state index contributed by atoms with van der Waals surface area (Å²) in [5.74, 6) is -1.63. The van der Waals surface area contributed by atoms with Crippen molar-refractivity contribution in [3.05, 3.63) is 53.9 Å². The Morgan fingerprint density at radius 2 is 1.74 bits per heavy atom. The quantitative estimate of drug-likeness (QED) is 0.906. The monoisotopic (exact) mass is 267 g/mol. The van der Waals surface area contributed by atoms with E-state index in [1.165, 1.54) is 12.1 Å². The average molecular weight is 267 g/mol. The predicted octanol–water partition coefficient (Wildman–Crippen LogP) is 3.47. The first kappa shape index (κ1) is 13.1. The third-order valence-electron chi connectivity index (χ3n) is 2.55. The summed E-state index contributed by atoms with van der Waals surface area (Å²) >= 11 is 0. The number of carbonyl (C=O) groups is 1. The fraction of sp³-hybridized carbons (Fsp3) is 0.0769. The molecule has 1 aromatic heterocycles. The Morgan fingerprint density at radius 1 is 1.11 bits per heavy atom. The first-order valence-electron chi connectivity index (χ1n) is 5.25. The van der Waals surface area contributed by atoms with E-state index in [9.17, 15) is 18.0 Å². The number of aromatic nitrogens is 1. The van der Waals surface area contributed by atoms with Gasteiger partial charge in [0.1, 0.15) is 0 Å². The number of carboxylic acids is 1. The summed E-state index contributed by atoms with van der Waals surface area (Å²) in [4.78, 5) is 14.6. The van der Waals surface area contributed by atoms with Gasteiger partial charge in [-0.2, -0.15) is 13.2 Å². The summed E-state index contributed by atoms with van der Waals surface area (Å²) in [6, 6.07) is 7.97. The van der Waals surface area contributed by atoms with E-state index in [0.717, 1.165) is 6.20 Å². The standard InChI is InChI=1S/C13H8F3NO2/c14-13(15,16)10-7-17-6-9(11(10)12(18)19)8-4-2-1-3-5-8/h1-7H,(H,18,19). The predicted molar refractivity (Wildman–Crippen MR) is 61.6 cm³/mol. The zero-order valence-electron chi connectivity index (χ0n) is 9.48. The molecule has 1 N–H and O–H groups in total. The summed E-state index contributed by atoms with van der Waals surface area (Å²) in [5, 5.41) is 9.04. The van der Waals surface area contributed by atoms with Crippen LogP contribution in [0.3, 0.4) is 0 Å². The molecule has 3 nitrogen and oxygen atoms in total. The van der Waals surface area contributed by atoms with Crippen LogP contribution in [-0.2, 0) is 6.18 Å². The van der Waals surface area contributed by atoms with Gasteiger partial charge in [-0.3, -0.25) is 4.98 Å². The van der Waals surface area contributed by atoms with E-state index < -0.39 is 23.3 Å². The van der Waals surface area contributed by atoms with Gasteiger partial charge in [0, 0.05) is 18.0 Å². The molecule has 0 unspecified atom stereocenters. The molecule has 2 rings (SSSR count). The van der Waals surface area contributed by atoms with Gasteiger partial charge in [0.05, 0.1) is 11.1 Å². The number of halogens is 3. The molecule has 6 heteroatoms. The molecular formula is C13H8F3NO2. The molecule has 0 aliphatic carbocycles. The number of benzene rings is 1. The molecule has 0 amide bonds. The number of rotatable bonds is 2. The van der Waals surface area contributed by atoms with Gasteiger partial charge in [0.2, 0.25) is 0 Å². The molecule has 0 saturated carbocycles. The van der Waals surface area contributed by atoms with E-state index >= 15 is 0 Å². The molecule has 0 spiro atoms. The van der Waals surface area contributed by atoms with Crippen LogP contribution in [0, 0.1) is 0 Å². The average Bonchev–Trinajstić information content (AvgIpc) is 2.37. The summed E-state index contributed by atoms with van der Waals surface area (Å²) < 4.78 is 38.4. The van der Waals surface area contributed by atoms with Crippen LogP contribution in [0.2, 0.25) is 0 Å². The topological polar surface area (TPSA) is 50.2 Å². The molecule has 0 aliphatic rings. The van der Waals surface area contributed by atoms with E-state index in [4.69, 9.17) is 5.11 Å². The fourth-order valence-corrected chi connectivity index (χ4v) is 1.74. The second kappa shape index (κ2) is 4.72. The first-order valence-corrected chi connectivity index (χ1v) is 5.25. The molecule has 0 bridgehead atoms. The second-order valence-corrected chi connectivity index (χ2v) is 3.78. The lowest BCUT2D eigenvalue weighted by molar-refractivity contribution is -0.138. The number of hydrogen-bond donors (Lipinski definition) is 1. The van der Waals surface area contributed by atoms with Crippen LogP contribution in [0.25, 0.3) is 11.1 Å². The van der Waals surface area contributed by atoms with Gasteiger partial charge in [-0.25, -0.2) is 4.79 Å². The minimum absolute atomic E-state index is 0.0528. The fourth-order valence-electron chi connectivity index (χ4n) is 1.74. The first-order chi connectivity index (χ1) is 8.91. The van der Waals surface area contributed by atoms with Crippen LogP contribution < -0.4 is 0 Å². The molecule has 0 fully saturated rings. The van der Waals surface area contributed by atoms with Crippen molar-refractivity contribution in [2.24, 2.45) is 0 Å². The van der Waals surface area contributed by atoms with Gasteiger partial charge >= 0.3 is 12.1 Å². The number of aromatic carboxylic acids is 1. The Balaban J connectivity index is 2.73. The van der Waals surface area contributed by atoms with Crippen molar-refractivity contribution in [3.63, 3.8) is 0 Å². The van der Waals surface area contributed by atoms with Crippen LogP contribution in [0.1, 0.15) is 15.9 Å². The maximum absolute atomic E-state index is 12.8. The molecule has 98 valence electrons.